The molecule has 0 bridgehead atoms. The molecule has 0 aliphatic carbocycles. The summed E-state index contributed by atoms with van der Waals surface area (Å²) in [6.45, 7) is -0.155. The molecule has 0 amide bonds. The Morgan fingerprint density at radius 2 is 1.80 bits per heavy atom. The average Bonchev–Trinajstić information content (AvgIpc) is 2.07. The van der Waals surface area contributed by atoms with Gasteiger partial charge in [0, 0.05) is 0 Å². The first-order valence-corrected chi connectivity index (χ1v) is 5.75. The molecule has 0 heterocycles. The van der Waals surface area contributed by atoms with E-state index in [1.165, 1.54) is 0 Å². The lowest BCUT2D eigenvalue weighted by Gasteiger charge is -2.02. The van der Waals surface area contributed by atoms with Crippen molar-refractivity contribution >= 4 is 22.1 Å². The molecule has 2 N–H and O–H groups in total. The number of esters is 1. The SMILES string of the molecule is O=C(O)CCC(=O)OCCCS(=O)(=O)O. The van der Waals surface area contributed by atoms with Crippen LogP contribution >= 0.6 is 0 Å². The Hall–Kier alpha value is -1.15. The molecule has 0 unspecified atom stereocenters. The highest BCUT2D eigenvalue weighted by Gasteiger charge is 2.08. The van der Waals surface area contributed by atoms with Crippen LogP contribution in [-0.2, 0) is 24.4 Å². The first-order valence-electron chi connectivity index (χ1n) is 4.14. The van der Waals surface area contributed by atoms with Crippen molar-refractivity contribution in [2.75, 3.05) is 12.4 Å². The Morgan fingerprint density at radius 3 is 2.27 bits per heavy atom. The first-order chi connectivity index (χ1) is 6.81. The second-order valence-electron chi connectivity index (χ2n) is 2.75. The summed E-state index contributed by atoms with van der Waals surface area (Å²) < 4.78 is 33.3. The van der Waals surface area contributed by atoms with Crippen LogP contribution in [0.5, 0.6) is 0 Å². The Balaban J connectivity index is 3.52. The fraction of sp³-hybridized carbons (Fsp3) is 0.714. The monoisotopic (exact) mass is 240 g/mol. The van der Waals surface area contributed by atoms with E-state index in [1.54, 1.807) is 0 Å². The van der Waals surface area contributed by atoms with Crippen LogP contribution < -0.4 is 0 Å². The molecule has 88 valence electrons. The largest absolute Gasteiger partial charge is 0.481 e. The molecule has 0 spiro atoms. The number of carboxylic acids is 1. The van der Waals surface area contributed by atoms with E-state index < -0.39 is 27.8 Å². The summed E-state index contributed by atoms with van der Waals surface area (Å²) in [5.74, 6) is -2.29. The van der Waals surface area contributed by atoms with E-state index in [2.05, 4.69) is 4.74 Å². The Bertz CT molecular complexity index is 318. The number of carbonyl (C=O) groups is 2. The van der Waals surface area contributed by atoms with Crippen molar-refractivity contribution in [1.82, 2.24) is 0 Å². The third-order valence-electron chi connectivity index (χ3n) is 1.35. The predicted octanol–water partition coefficient (Wildman–Crippen LogP) is -0.328. The van der Waals surface area contributed by atoms with Crippen LogP contribution in [0, 0.1) is 0 Å². The van der Waals surface area contributed by atoms with Gasteiger partial charge in [-0.05, 0) is 6.42 Å². The average molecular weight is 240 g/mol. The predicted molar refractivity (Wildman–Crippen MR) is 48.9 cm³/mol. The van der Waals surface area contributed by atoms with Gasteiger partial charge in [0.1, 0.15) is 0 Å². The summed E-state index contributed by atoms with van der Waals surface area (Å²) >= 11 is 0. The van der Waals surface area contributed by atoms with Crippen LogP contribution in [0.15, 0.2) is 0 Å². The van der Waals surface area contributed by atoms with Crippen LogP contribution in [0.1, 0.15) is 19.3 Å². The zero-order valence-corrected chi connectivity index (χ0v) is 8.70. The Morgan fingerprint density at radius 1 is 1.20 bits per heavy atom. The minimum atomic E-state index is -4.03. The summed E-state index contributed by atoms with van der Waals surface area (Å²) in [7, 11) is -4.03. The van der Waals surface area contributed by atoms with Gasteiger partial charge in [-0.15, -0.1) is 0 Å². The zero-order chi connectivity index (χ0) is 11.9. The van der Waals surface area contributed by atoms with Gasteiger partial charge in [-0.1, -0.05) is 0 Å². The van der Waals surface area contributed by atoms with Crippen molar-refractivity contribution < 1.29 is 32.4 Å². The van der Waals surface area contributed by atoms with E-state index >= 15 is 0 Å². The van der Waals surface area contributed by atoms with Crippen molar-refractivity contribution in [3.8, 4) is 0 Å². The molecule has 0 rings (SSSR count). The van der Waals surface area contributed by atoms with Gasteiger partial charge in [0.2, 0.25) is 0 Å². The second-order valence-corrected chi connectivity index (χ2v) is 4.33. The zero-order valence-electron chi connectivity index (χ0n) is 7.88. The highest BCUT2D eigenvalue weighted by Crippen LogP contribution is 1.95. The number of ether oxygens (including phenoxy) is 1. The van der Waals surface area contributed by atoms with Gasteiger partial charge in [-0.2, -0.15) is 8.42 Å². The number of hydrogen-bond acceptors (Lipinski definition) is 5. The van der Waals surface area contributed by atoms with Crippen molar-refractivity contribution in [1.29, 1.82) is 0 Å². The third kappa shape index (κ3) is 10.8. The van der Waals surface area contributed by atoms with Crippen LogP contribution in [-0.4, -0.2) is 42.4 Å². The number of carbonyl (C=O) groups excluding carboxylic acids is 1. The molecule has 0 saturated carbocycles. The topological polar surface area (TPSA) is 118 Å². The molecule has 0 aromatic carbocycles. The number of aliphatic carboxylic acids is 1. The lowest BCUT2D eigenvalue weighted by molar-refractivity contribution is -0.147. The fourth-order valence-electron chi connectivity index (χ4n) is 0.708. The molecule has 0 aliphatic heterocycles. The van der Waals surface area contributed by atoms with Gasteiger partial charge in [-0.25, -0.2) is 0 Å². The molecule has 15 heavy (non-hydrogen) atoms. The lowest BCUT2D eigenvalue weighted by Crippen LogP contribution is -2.11. The molecule has 0 aromatic rings. The van der Waals surface area contributed by atoms with Crippen molar-refractivity contribution in [3.05, 3.63) is 0 Å². The summed E-state index contributed by atoms with van der Waals surface area (Å²) in [5.41, 5.74) is 0. The van der Waals surface area contributed by atoms with Crippen LogP contribution in [0.25, 0.3) is 0 Å². The van der Waals surface area contributed by atoms with Gasteiger partial charge in [-0.3, -0.25) is 14.1 Å². The molecule has 7 nitrogen and oxygen atoms in total. The molecule has 0 saturated heterocycles. The minimum absolute atomic E-state index is 0.0162. The molecule has 0 radical (unpaired) electrons. The molecule has 0 aromatic heterocycles. The maximum absolute atomic E-state index is 10.8. The quantitative estimate of drug-likeness (QED) is 0.355. The fourth-order valence-corrected chi connectivity index (χ4v) is 1.19. The summed E-state index contributed by atoms with van der Waals surface area (Å²) in [4.78, 5) is 20.8. The molecular formula is C7H12O7S. The first kappa shape index (κ1) is 13.8. The Kier molecular flexibility index (Phi) is 5.87. The van der Waals surface area contributed by atoms with Crippen LogP contribution in [0.3, 0.4) is 0 Å². The lowest BCUT2D eigenvalue weighted by atomic mass is 10.3. The van der Waals surface area contributed by atoms with E-state index in [0.29, 0.717) is 0 Å². The number of carboxylic acid groups (broad SMARTS) is 1. The van der Waals surface area contributed by atoms with Gasteiger partial charge >= 0.3 is 11.9 Å². The highest BCUT2D eigenvalue weighted by atomic mass is 32.2. The number of hydrogen-bond donors (Lipinski definition) is 2. The van der Waals surface area contributed by atoms with E-state index in [1.807, 2.05) is 0 Å². The maximum Gasteiger partial charge on any atom is 0.306 e. The van der Waals surface area contributed by atoms with Gasteiger partial charge in [0.25, 0.3) is 10.1 Å². The standard InChI is InChI=1S/C7H12O7S/c8-6(9)2-3-7(10)14-4-1-5-15(11,12)13/h1-5H2,(H,8,9)(H,11,12,13). The van der Waals surface area contributed by atoms with Crippen LogP contribution in [0.4, 0.5) is 0 Å². The van der Waals surface area contributed by atoms with Crippen molar-refractivity contribution in [2.45, 2.75) is 19.3 Å². The van der Waals surface area contributed by atoms with Crippen molar-refractivity contribution in [2.24, 2.45) is 0 Å². The number of rotatable bonds is 7. The minimum Gasteiger partial charge on any atom is -0.481 e. The second kappa shape index (κ2) is 6.36. The highest BCUT2D eigenvalue weighted by molar-refractivity contribution is 7.85. The maximum atomic E-state index is 10.8. The van der Waals surface area contributed by atoms with E-state index in [0.717, 1.165) is 0 Å². The molecular weight excluding hydrogens is 228 g/mol. The molecule has 0 aliphatic rings. The van der Waals surface area contributed by atoms with E-state index in [-0.39, 0.29) is 25.9 Å². The smallest absolute Gasteiger partial charge is 0.306 e. The van der Waals surface area contributed by atoms with Crippen LogP contribution in [0.2, 0.25) is 0 Å². The summed E-state index contributed by atoms with van der Waals surface area (Å²) in [5, 5.41) is 8.22. The third-order valence-corrected chi connectivity index (χ3v) is 2.16. The van der Waals surface area contributed by atoms with Gasteiger partial charge < -0.3 is 9.84 Å². The van der Waals surface area contributed by atoms with E-state index in [4.69, 9.17) is 9.66 Å². The Labute approximate surface area is 86.8 Å². The normalized spacial score (nSPS) is 11.0. The van der Waals surface area contributed by atoms with E-state index in [9.17, 15) is 18.0 Å². The van der Waals surface area contributed by atoms with Gasteiger partial charge in [0.15, 0.2) is 0 Å². The molecule has 8 heteroatoms. The molecule has 0 fully saturated rings. The molecule has 0 atom stereocenters. The summed E-state index contributed by atoms with van der Waals surface area (Å²) in [6.07, 6.45) is -0.587. The van der Waals surface area contributed by atoms with Crippen molar-refractivity contribution in [3.63, 3.8) is 0 Å². The summed E-state index contributed by atoms with van der Waals surface area (Å²) in [6, 6.07) is 0. The van der Waals surface area contributed by atoms with Gasteiger partial charge in [0.05, 0.1) is 25.2 Å².